The van der Waals surface area contributed by atoms with Crippen LogP contribution in [-0.2, 0) is 58.7 Å². The zero-order chi connectivity index (χ0) is 53.5. The summed E-state index contributed by atoms with van der Waals surface area (Å²) in [7, 11) is -1.67. The van der Waals surface area contributed by atoms with Gasteiger partial charge in [-0.25, -0.2) is 33.9 Å². The van der Waals surface area contributed by atoms with Crippen molar-refractivity contribution in [1.82, 2.24) is 43.6 Å². The first-order chi connectivity index (χ1) is 34.2. The van der Waals surface area contributed by atoms with Crippen LogP contribution in [0.4, 0.5) is 14.7 Å². The summed E-state index contributed by atoms with van der Waals surface area (Å²) in [5.74, 6) is -2.68. The van der Waals surface area contributed by atoms with E-state index in [1.54, 1.807) is 65.3 Å². The lowest BCUT2D eigenvalue weighted by Gasteiger charge is -2.36. The third-order valence-electron chi connectivity index (χ3n) is 9.89. The lowest BCUT2D eigenvalue weighted by Crippen LogP contribution is -2.68. The molecule has 0 saturated carbocycles. The number of aromatic nitrogens is 5. The third kappa shape index (κ3) is 14.7. The highest BCUT2D eigenvalue weighted by atomic mass is 32.2. The maximum atomic E-state index is 13.9. The minimum absolute atomic E-state index is 0.00964. The number of thiazole rings is 1. The van der Waals surface area contributed by atoms with Crippen LogP contribution in [0.1, 0.15) is 72.2 Å². The summed E-state index contributed by atoms with van der Waals surface area (Å²) in [6.07, 6.45) is 0.526. The Balaban J connectivity index is 1.21. The number of oxime groups is 1. The largest absolute Gasteiger partial charge is 0.485 e. The van der Waals surface area contributed by atoms with Crippen LogP contribution < -0.4 is 30.5 Å². The molecule has 0 radical (unpaired) electrons. The SMILES string of the molecule is CN(C)CCn1c(-c2cc(OCc3ccccc3)c(OCc3ccccc3)cn2)nn(S(=O)(=O)NC(=O)N2C[C@H](NC(=O)C(=NOC(C)(C)C(=O)OC(C)(C)C)c3csc(NC(=O)OC(C)(C)C)n3)C2=O)c1=O. The lowest BCUT2D eigenvalue weighted by molar-refractivity contribution is -0.179. The first kappa shape index (κ1) is 54.6. The minimum atomic E-state index is -5.16. The fourth-order valence-corrected chi connectivity index (χ4v) is 7.84. The number of esters is 1. The number of rotatable bonds is 19. The van der Waals surface area contributed by atoms with Crippen LogP contribution in [0, 0.1) is 0 Å². The van der Waals surface area contributed by atoms with Crippen molar-refractivity contribution < 1.29 is 56.2 Å². The van der Waals surface area contributed by atoms with E-state index in [9.17, 15) is 37.2 Å². The van der Waals surface area contributed by atoms with E-state index in [-0.39, 0.29) is 64.2 Å². The van der Waals surface area contributed by atoms with E-state index >= 15 is 0 Å². The van der Waals surface area contributed by atoms with Gasteiger partial charge in [-0.05, 0) is 80.6 Å². The Morgan fingerprint density at radius 2 is 1.47 bits per heavy atom. The molecule has 0 unspecified atom stereocenters. The van der Waals surface area contributed by atoms with Gasteiger partial charge in [0.25, 0.3) is 11.8 Å². The average Bonchev–Trinajstić information content (AvgIpc) is 3.90. The number of ether oxygens (including phenoxy) is 4. The molecule has 1 aliphatic heterocycles. The van der Waals surface area contributed by atoms with Gasteiger partial charge in [0.05, 0.1) is 12.7 Å². The molecule has 1 atom stereocenters. The van der Waals surface area contributed by atoms with Crippen molar-refractivity contribution in [2.45, 2.75) is 98.0 Å². The smallest absolute Gasteiger partial charge is 0.413 e. The molecule has 2 aromatic carbocycles. The highest BCUT2D eigenvalue weighted by Crippen LogP contribution is 2.32. The Hall–Kier alpha value is -7.71. The van der Waals surface area contributed by atoms with Crippen molar-refractivity contribution in [2.75, 3.05) is 32.5 Å². The van der Waals surface area contributed by atoms with Crippen molar-refractivity contribution in [3.63, 3.8) is 0 Å². The lowest BCUT2D eigenvalue weighted by atomic mass is 10.1. The number of anilines is 1. The van der Waals surface area contributed by atoms with Crippen LogP contribution in [0.5, 0.6) is 11.5 Å². The molecule has 3 aromatic heterocycles. The summed E-state index contributed by atoms with van der Waals surface area (Å²) in [5.41, 5.74) is -3.63. The van der Waals surface area contributed by atoms with Crippen molar-refractivity contribution in [1.29, 1.82) is 0 Å². The highest BCUT2D eigenvalue weighted by Gasteiger charge is 2.44. The molecular weight excluding hydrogens is 991 g/mol. The molecule has 0 bridgehead atoms. The first-order valence-corrected chi connectivity index (χ1v) is 24.8. The number of likely N-dealkylation sites (tertiary alicyclic amines) is 1. The molecule has 1 saturated heterocycles. The van der Waals surface area contributed by atoms with Gasteiger partial charge in [-0.2, -0.15) is 8.42 Å². The number of hydrogen-bond acceptors (Lipinski definition) is 19. The van der Waals surface area contributed by atoms with Gasteiger partial charge < -0.3 is 34.0 Å². The van der Waals surface area contributed by atoms with Gasteiger partial charge in [-0.15, -0.1) is 16.4 Å². The Morgan fingerprint density at radius 3 is 2.04 bits per heavy atom. The van der Waals surface area contributed by atoms with Crippen molar-refractivity contribution >= 4 is 62.3 Å². The summed E-state index contributed by atoms with van der Waals surface area (Å²) in [6, 6.07) is 17.3. The van der Waals surface area contributed by atoms with Crippen LogP contribution in [0.15, 0.2) is 88.3 Å². The number of likely N-dealkylation sites (N-methyl/N-ethyl adjacent to an activating group) is 1. The number of carbonyl (C=O) groups is 5. The fourth-order valence-electron chi connectivity index (χ4n) is 6.25. The summed E-state index contributed by atoms with van der Waals surface area (Å²) < 4.78 is 53.5. The van der Waals surface area contributed by atoms with E-state index < -0.39 is 80.9 Å². The topological polar surface area (TPSA) is 286 Å². The molecule has 73 heavy (non-hydrogen) atoms. The van der Waals surface area contributed by atoms with Crippen LogP contribution >= 0.6 is 11.3 Å². The van der Waals surface area contributed by atoms with Crippen molar-refractivity contribution in [2.24, 2.45) is 5.16 Å². The molecule has 5 amide bonds. The van der Waals surface area contributed by atoms with Gasteiger partial charge in [0.2, 0.25) is 5.60 Å². The van der Waals surface area contributed by atoms with Gasteiger partial charge in [0, 0.05) is 24.5 Å². The number of hydrogen-bond donors (Lipinski definition) is 3. The van der Waals surface area contributed by atoms with E-state index in [1.807, 2.05) is 60.7 Å². The van der Waals surface area contributed by atoms with E-state index in [4.69, 9.17) is 23.8 Å². The number of benzene rings is 2. The summed E-state index contributed by atoms with van der Waals surface area (Å²) in [6.45, 7) is 12.5. The quantitative estimate of drug-likeness (QED) is 0.0450. The number of β-lactam (4-membered cyclic amide) rings is 1. The molecule has 5 aromatic rings. The normalized spacial score (nSPS) is 14.2. The van der Waals surface area contributed by atoms with Gasteiger partial charge in [0.1, 0.15) is 41.8 Å². The molecule has 390 valence electrons. The molecule has 3 N–H and O–H groups in total. The number of carbonyl (C=O) groups excluding carboxylic acids is 5. The zero-order valence-electron chi connectivity index (χ0n) is 41.8. The predicted molar refractivity (Wildman–Crippen MR) is 266 cm³/mol. The number of imide groups is 1. The number of amides is 5. The second kappa shape index (κ2) is 22.4. The zero-order valence-corrected chi connectivity index (χ0v) is 43.5. The fraction of sp³-hybridized carbons (Fsp3) is 0.404. The number of urea groups is 1. The summed E-state index contributed by atoms with van der Waals surface area (Å²) in [5, 5.41) is 14.2. The molecule has 0 aliphatic carbocycles. The second-order valence-corrected chi connectivity index (χ2v) is 21.4. The van der Waals surface area contributed by atoms with E-state index in [0.717, 1.165) is 27.0 Å². The van der Waals surface area contributed by atoms with Gasteiger partial charge in [-0.1, -0.05) is 69.9 Å². The maximum Gasteiger partial charge on any atom is 0.413 e. The van der Waals surface area contributed by atoms with Crippen LogP contribution in [0.3, 0.4) is 0 Å². The third-order valence-corrected chi connectivity index (χ3v) is 11.8. The van der Waals surface area contributed by atoms with Crippen molar-refractivity contribution in [3.8, 4) is 23.0 Å². The molecule has 1 fully saturated rings. The number of pyridine rings is 1. The molecule has 6 rings (SSSR count). The number of nitrogens with one attached hydrogen (secondary N) is 3. The Labute approximate surface area is 424 Å². The van der Waals surface area contributed by atoms with E-state index in [1.165, 1.54) is 31.5 Å². The maximum absolute atomic E-state index is 13.9. The predicted octanol–water partition coefficient (Wildman–Crippen LogP) is 4.30. The standard InChI is InChI=1S/C47H57N11O13S2/c1-45(2,3)69-40(61)47(7,8)71-53-36(33-28-72-41(50-33)51-43(63)70-46(4,5)6)38(59)49-32-25-57(39(32)60)42(62)54-73(65,66)58-44(64)56(22-21-55(9)10)37(52-58)31-23-34(67-26-29-17-13-11-14-18-29)35(24-48-31)68-27-30-19-15-12-16-20-30/h11-20,23-24,28,32H,21-22,25-27H2,1-10H3,(H,49,59)(H,54,62)(H,50,51,63)/t32-/m0/s1. The summed E-state index contributed by atoms with van der Waals surface area (Å²) in [4.78, 5) is 96.4. The average molecular weight is 1050 g/mol. The monoisotopic (exact) mass is 1050 g/mol. The molecule has 24 nitrogen and oxygen atoms in total. The molecule has 26 heteroatoms. The van der Waals surface area contributed by atoms with E-state index in [0.29, 0.717) is 4.90 Å². The Bertz CT molecular complexity index is 3030. The molecule has 1 aliphatic rings. The number of nitrogens with zero attached hydrogens (tertiary/aromatic N) is 8. The van der Waals surface area contributed by atoms with Crippen LogP contribution in [0.2, 0.25) is 0 Å². The summed E-state index contributed by atoms with van der Waals surface area (Å²) >= 11 is 0.890. The highest BCUT2D eigenvalue weighted by molar-refractivity contribution is 7.88. The second-order valence-electron chi connectivity index (χ2n) is 19.1. The van der Waals surface area contributed by atoms with E-state index in [2.05, 4.69) is 30.9 Å². The Kier molecular flexibility index (Phi) is 16.7. The van der Waals surface area contributed by atoms with Gasteiger partial charge in [0.15, 0.2) is 28.2 Å². The molecule has 0 spiro atoms. The van der Waals surface area contributed by atoms with Crippen LogP contribution in [-0.4, -0.2) is 128 Å². The van der Waals surface area contributed by atoms with Crippen LogP contribution in [0.25, 0.3) is 11.5 Å². The van der Waals surface area contributed by atoms with Gasteiger partial charge >= 0.3 is 34.0 Å². The molecular formula is C47H57N11O13S2. The van der Waals surface area contributed by atoms with Gasteiger partial charge in [-0.3, -0.25) is 24.4 Å². The Morgan fingerprint density at radius 1 is 0.863 bits per heavy atom. The molecule has 4 heterocycles. The van der Waals surface area contributed by atoms with Crippen molar-refractivity contribution in [3.05, 3.63) is 106 Å². The minimum Gasteiger partial charge on any atom is -0.485 e. The first-order valence-electron chi connectivity index (χ1n) is 22.5.